The molecule has 1 heteroatoms. The van der Waals surface area contributed by atoms with E-state index in [9.17, 15) is 0 Å². The minimum absolute atomic E-state index is 0.897. The SMILES string of the molecule is CCC(=CC1CCCC1)CNC. The summed E-state index contributed by atoms with van der Waals surface area (Å²) in [5.74, 6) is 0.897. The molecule has 0 bridgehead atoms. The van der Waals surface area contributed by atoms with Crippen LogP contribution in [0.3, 0.4) is 0 Å². The van der Waals surface area contributed by atoms with E-state index in [1.165, 1.54) is 32.1 Å². The minimum Gasteiger partial charge on any atom is -0.316 e. The van der Waals surface area contributed by atoms with Gasteiger partial charge in [-0.3, -0.25) is 0 Å². The highest BCUT2D eigenvalue weighted by atomic mass is 14.8. The summed E-state index contributed by atoms with van der Waals surface area (Å²) >= 11 is 0. The van der Waals surface area contributed by atoms with Gasteiger partial charge >= 0.3 is 0 Å². The number of allylic oxidation sites excluding steroid dienone is 1. The van der Waals surface area contributed by atoms with Gasteiger partial charge in [0.2, 0.25) is 0 Å². The smallest absolute Gasteiger partial charge is 0.0161 e. The zero-order chi connectivity index (χ0) is 8.81. The Balaban J connectivity index is 2.38. The van der Waals surface area contributed by atoms with Crippen LogP contribution in [0.2, 0.25) is 0 Å². The van der Waals surface area contributed by atoms with E-state index in [1.54, 1.807) is 5.57 Å². The van der Waals surface area contributed by atoms with Gasteiger partial charge in [0.25, 0.3) is 0 Å². The van der Waals surface area contributed by atoms with Gasteiger partial charge in [0.05, 0.1) is 0 Å². The number of nitrogens with one attached hydrogen (secondary N) is 1. The monoisotopic (exact) mass is 167 g/mol. The van der Waals surface area contributed by atoms with Crippen LogP contribution in [0.4, 0.5) is 0 Å². The molecule has 0 heterocycles. The lowest BCUT2D eigenvalue weighted by Gasteiger charge is -2.07. The van der Waals surface area contributed by atoms with Gasteiger partial charge in [0, 0.05) is 6.54 Å². The van der Waals surface area contributed by atoms with Gasteiger partial charge in [-0.25, -0.2) is 0 Å². The first kappa shape index (κ1) is 9.79. The molecule has 0 aromatic heterocycles. The van der Waals surface area contributed by atoms with Crippen LogP contribution in [0.25, 0.3) is 0 Å². The molecule has 1 aliphatic carbocycles. The van der Waals surface area contributed by atoms with Crippen LogP contribution in [0.5, 0.6) is 0 Å². The summed E-state index contributed by atoms with van der Waals surface area (Å²) in [6, 6.07) is 0. The van der Waals surface area contributed by atoms with Crippen LogP contribution in [0, 0.1) is 5.92 Å². The Bertz CT molecular complexity index is 143. The molecule has 1 N–H and O–H groups in total. The molecule has 1 nitrogen and oxygen atoms in total. The summed E-state index contributed by atoms with van der Waals surface area (Å²) in [5.41, 5.74) is 1.59. The third kappa shape index (κ3) is 2.98. The van der Waals surface area contributed by atoms with E-state index in [4.69, 9.17) is 0 Å². The van der Waals surface area contributed by atoms with Crippen molar-refractivity contribution in [2.75, 3.05) is 13.6 Å². The molecule has 0 atom stereocenters. The standard InChI is InChI=1S/C11H21N/c1-3-10(9-12-2)8-11-6-4-5-7-11/h8,11-12H,3-7,9H2,1-2H3. The number of likely N-dealkylation sites (N-methyl/N-ethyl adjacent to an activating group) is 1. The van der Waals surface area contributed by atoms with E-state index in [1.807, 2.05) is 7.05 Å². The second-order valence-electron chi connectivity index (χ2n) is 3.75. The molecule has 0 amide bonds. The molecule has 70 valence electrons. The predicted octanol–water partition coefficient (Wildman–Crippen LogP) is 2.73. The van der Waals surface area contributed by atoms with Crippen molar-refractivity contribution in [3.8, 4) is 0 Å². The summed E-state index contributed by atoms with van der Waals surface area (Å²) in [6.07, 6.45) is 9.44. The lowest BCUT2D eigenvalue weighted by Crippen LogP contribution is -2.10. The van der Waals surface area contributed by atoms with Crippen LogP contribution in [0.1, 0.15) is 39.0 Å². The van der Waals surface area contributed by atoms with E-state index in [2.05, 4.69) is 18.3 Å². The van der Waals surface area contributed by atoms with Gasteiger partial charge in [-0.2, -0.15) is 0 Å². The van der Waals surface area contributed by atoms with Crippen LogP contribution in [-0.4, -0.2) is 13.6 Å². The molecule has 0 unspecified atom stereocenters. The van der Waals surface area contributed by atoms with Crippen molar-refractivity contribution in [2.45, 2.75) is 39.0 Å². The van der Waals surface area contributed by atoms with Gasteiger partial charge < -0.3 is 5.32 Å². The average Bonchev–Trinajstić information content (AvgIpc) is 2.56. The average molecular weight is 167 g/mol. The zero-order valence-corrected chi connectivity index (χ0v) is 8.40. The largest absolute Gasteiger partial charge is 0.316 e. The molecule has 1 fully saturated rings. The van der Waals surface area contributed by atoms with Crippen LogP contribution in [-0.2, 0) is 0 Å². The van der Waals surface area contributed by atoms with Crippen molar-refractivity contribution in [1.29, 1.82) is 0 Å². The lowest BCUT2D eigenvalue weighted by atomic mass is 10.0. The first-order valence-corrected chi connectivity index (χ1v) is 5.21. The molecule has 0 spiro atoms. The molecule has 1 saturated carbocycles. The highest BCUT2D eigenvalue weighted by Gasteiger charge is 2.12. The topological polar surface area (TPSA) is 12.0 Å². The molecule has 0 aliphatic heterocycles. The van der Waals surface area contributed by atoms with Crippen molar-refractivity contribution >= 4 is 0 Å². The maximum atomic E-state index is 3.22. The summed E-state index contributed by atoms with van der Waals surface area (Å²) in [4.78, 5) is 0. The fourth-order valence-corrected chi connectivity index (χ4v) is 1.99. The Morgan fingerprint density at radius 2 is 2.08 bits per heavy atom. The third-order valence-corrected chi connectivity index (χ3v) is 2.73. The molecule has 0 radical (unpaired) electrons. The summed E-state index contributed by atoms with van der Waals surface area (Å²) < 4.78 is 0. The number of hydrogen-bond donors (Lipinski definition) is 1. The van der Waals surface area contributed by atoms with Crippen molar-refractivity contribution in [2.24, 2.45) is 5.92 Å². The first-order valence-electron chi connectivity index (χ1n) is 5.21. The molecule has 0 aromatic rings. The third-order valence-electron chi connectivity index (χ3n) is 2.73. The predicted molar refractivity (Wildman–Crippen MR) is 54.3 cm³/mol. The van der Waals surface area contributed by atoms with Gasteiger partial charge in [-0.1, -0.05) is 31.4 Å². The molecule has 12 heavy (non-hydrogen) atoms. The number of hydrogen-bond acceptors (Lipinski definition) is 1. The Hall–Kier alpha value is -0.300. The van der Waals surface area contributed by atoms with Crippen LogP contribution in [0.15, 0.2) is 11.6 Å². The fraction of sp³-hybridized carbons (Fsp3) is 0.818. The Morgan fingerprint density at radius 1 is 1.42 bits per heavy atom. The zero-order valence-electron chi connectivity index (χ0n) is 8.40. The molecular weight excluding hydrogens is 146 g/mol. The maximum Gasteiger partial charge on any atom is 0.0161 e. The lowest BCUT2D eigenvalue weighted by molar-refractivity contribution is 0.670. The second kappa shape index (κ2) is 5.36. The fourth-order valence-electron chi connectivity index (χ4n) is 1.99. The molecular formula is C11H21N. The maximum absolute atomic E-state index is 3.22. The van der Waals surface area contributed by atoms with Crippen LogP contribution >= 0.6 is 0 Å². The summed E-state index contributed by atoms with van der Waals surface area (Å²) in [5, 5.41) is 3.22. The van der Waals surface area contributed by atoms with Crippen molar-refractivity contribution in [1.82, 2.24) is 5.32 Å². The van der Waals surface area contributed by atoms with Gasteiger partial charge in [0.1, 0.15) is 0 Å². The van der Waals surface area contributed by atoms with Gasteiger partial charge in [-0.15, -0.1) is 0 Å². The van der Waals surface area contributed by atoms with Gasteiger partial charge in [-0.05, 0) is 32.2 Å². The van der Waals surface area contributed by atoms with Crippen molar-refractivity contribution in [3.05, 3.63) is 11.6 Å². The van der Waals surface area contributed by atoms with Crippen molar-refractivity contribution in [3.63, 3.8) is 0 Å². The molecule has 0 aromatic carbocycles. The van der Waals surface area contributed by atoms with E-state index >= 15 is 0 Å². The summed E-state index contributed by atoms with van der Waals surface area (Å²) in [6.45, 7) is 3.32. The van der Waals surface area contributed by atoms with Gasteiger partial charge in [0.15, 0.2) is 0 Å². The molecule has 1 rings (SSSR count). The minimum atomic E-state index is 0.897. The summed E-state index contributed by atoms with van der Waals surface area (Å²) in [7, 11) is 2.03. The molecule has 1 aliphatic rings. The van der Waals surface area contributed by atoms with E-state index in [-0.39, 0.29) is 0 Å². The van der Waals surface area contributed by atoms with E-state index < -0.39 is 0 Å². The first-order chi connectivity index (χ1) is 5.86. The molecule has 0 saturated heterocycles. The Kier molecular flexibility index (Phi) is 4.37. The number of rotatable bonds is 4. The Morgan fingerprint density at radius 3 is 2.58 bits per heavy atom. The normalized spacial score (nSPS) is 20.3. The van der Waals surface area contributed by atoms with Crippen LogP contribution < -0.4 is 5.32 Å². The van der Waals surface area contributed by atoms with E-state index in [0.29, 0.717) is 0 Å². The second-order valence-corrected chi connectivity index (χ2v) is 3.75. The highest BCUT2D eigenvalue weighted by molar-refractivity contribution is 5.06. The quantitative estimate of drug-likeness (QED) is 0.635. The highest BCUT2D eigenvalue weighted by Crippen LogP contribution is 2.27. The van der Waals surface area contributed by atoms with E-state index in [0.717, 1.165) is 12.5 Å². The van der Waals surface area contributed by atoms with Crippen molar-refractivity contribution < 1.29 is 0 Å². The Labute approximate surface area is 76.2 Å².